The van der Waals surface area contributed by atoms with Gasteiger partial charge in [-0.1, -0.05) is 76.0 Å². The lowest BCUT2D eigenvalue weighted by Gasteiger charge is -2.05. The summed E-state index contributed by atoms with van der Waals surface area (Å²) >= 11 is 0. The fourth-order valence-electron chi connectivity index (χ4n) is 2.52. The Hall–Kier alpha value is -1.35. The van der Waals surface area contributed by atoms with E-state index in [0.29, 0.717) is 19.6 Å². The Balaban J connectivity index is 3.28. The van der Waals surface area contributed by atoms with E-state index in [9.17, 15) is 4.79 Å². The first-order chi connectivity index (χ1) is 13.3. The summed E-state index contributed by atoms with van der Waals surface area (Å²) in [7, 11) is 0. The van der Waals surface area contributed by atoms with E-state index in [2.05, 4.69) is 50.3 Å². The maximum atomic E-state index is 11.6. The van der Waals surface area contributed by atoms with Gasteiger partial charge in [0.25, 0.3) is 0 Å². The molecule has 0 aromatic rings. The van der Waals surface area contributed by atoms with Gasteiger partial charge in [-0.3, -0.25) is 4.79 Å². The van der Waals surface area contributed by atoms with E-state index >= 15 is 0 Å². The van der Waals surface area contributed by atoms with Gasteiger partial charge in [-0.25, -0.2) is 0 Å². The number of carbonyl (C=O) groups is 1. The largest absolute Gasteiger partial charge is 0.463 e. The van der Waals surface area contributed by atoms with Crippen molar-refractivity contribution in [3.8, 4) is 0 Å². The van der Waals surface area contributed by atoms with Gasteiger partial charge in [0.15, 0.2) is 0 Å². The smallest absolute Gasteiger partial charge is 0.305 e. The van der Waals surface area contributed by atoms with E-state index in [1.807, 2.05) is 0 Å². The van der Waals surface area contributed by atoms with Crippen LogP contribution in [0, 0.1) is 0 Å². The van der Waals surface area contributed by atoms with E-state index in [0.717, 1.165) is 58.0 Å². The van der Waals surface area contributed by atoms with Gasteiger partial charge in [-0.2, -0.15) is 0 Å². The number of rotatable bonds is 19. The molecule has 0 heterocycles. The molecule has 0 aliphatic carbocycles. The predicted octanol–water partition coefficient (Wildman–Crippen LogP) is 6.94. The van der Waals surface area contributed by atoms with Crippen LogP contribution in [-0.2, 0) is 14.3 Å². The molecular formula is C24H42O3. The minimum absolute atomic E-state index is 0.0877. The fraction of sp³-hybridized carbons (Fsp3) is 0.708. The molecule has 0 aromatic heterocycles. The van der Waals surface area contributed by atoms with Crippen LogP contribution in [-0.4, -0.2) is 25.8 Å². The van der Waals surface area contributed by atoms with Crippen LogP contribution in [0.5, 0.6) is 0 Å². The van der Waals surface area contributed by atoms with Crippen molar-refractivity contribution in [2.24, 2.45) is 0 Å². The highest BCUT2D eigenvalue weighted by Crippen LogP contribution is 2.08. The highest BCUT2D eigenvalue weighted by Gasteiger charge is 2.02. The molecule has 0 fully saturated rings. The summed E-state index contributed by atoms with van der Waals surface area (Å²) in [6.45, 7) is 5.96. The Morgan fingerprint density at radius 3 is 2.11 bits per heavy atom. The van der Waals surface area contributed by atoms with Gasteiger partial charge in [-0.05, 0) is 44.9 Å². The third kappa shape index (κ3) is 22.6. The molecule has 27 heavy (non-hydrogen) atoms. The lowest BCUT2D eigenvalue weighted by molar-refractivity contribution is -0.145. The molecule has 0 radical (unpaired) electrons. The predicted molar refractivity (Wildman–Crippen MR) is 116 cm³/mol. The molecule has 3 nitrogen and oxygen atoms in total. The van der Waals surface area contributed by atoms with Crippen LogP contribution in [0.4, 0.5) is 0 Å². The molecule has 0 amide bonds. The summed E-state index contributed by atoms with van der Waals surface area (Å²) < 4.78 is 10.5. The maximum Gasteiger partial charge on any atom is 0.305 e. The SMILES string of the molecule is CCC=CCC=CCC=CCCCCCCCC(=O)OCCOCCCC. The lowest BCUT2D eigenvalue weighted by atomic mass is 10.1. The zero-order valence-corrected chi connectivity index (χ0v) is 17.8. The van der Waals surface area contributed by atoms with Crippen LogP contribution in [0.15, 0.2) is 36.5 Å². The number of unbranched alkanes of at least 4 members (excludes halogenated alkanes) is 6. The standard InChI is InChI=1S/C24H42O3/c1-3-5-7-8-9-10-11-12-13-14-15-16-17-18-19-20-24(25)27-23-22-26-21-6-4-2/h5,7,9-10,12-13H,3-4,6,8,11,14-23H2,1-2H3. The molecule has 0 bridgehead atoms. The molecule has 3 heteroatoms. The zero-order valence-electron chi connectivity index (χ0n) is 17.8. The van der Waals surface area contributed by atoms with E-state index in [4.69, 9.17) is 9.47 Å². The van der Waals surface area contributed by atoms with Crippen molar-refractivity contribution in [2.75, 3.05) is 19.8 Å². The zero-order chi connectivity index (χ0) is 19.8. The normalized spacial score (nSPS) is 11.9. The van der Waals surface area contributed by atoms with Gasteiger partial charge in [0.1, 0.15) is 6.61 Å². The Bertz CT molecular complexity index is 396. The summed E-state index contributed by atoms with van der Waals surface area (Å²) in [5.41, 5.74) is 0. The third-order valence-corrected chi connectivity index (χ3v) is 4.16. The first-order valence-electron chi connectivity index (χ1n) is 11.0. The number of esters is 1. The van der Waals surface area contributed by atoms with E-state index in [1.165, 1.54) is 19.3 Å². The third-order valence-electron chi connectivity index (χ3n) is 4.16. The molecule has 0 aliphatic rings. The Morgan fingerprint density at radius 1 is 0.704 bits per heavy atom. The number of carbonyl (C=O) groups excluding carboxylic acids is 1. The van der Waals surface area contributed by atoms with E-state index < -0.39 is 0 Å². The van der Waals surface area contributed by atoms with Gasteiger partial charge in [-0.15, -0.1) is 0 Å². The molecule has 0 rings (SSSR count). The average Bonchev–Trinajstić information content (AvgIpc) is 2.67. The molecule has 0 aromatic carbocycles. The van der Waals surface area contributed by atoms with Crippen molar-refractivity contribution in [1.29, 1.82) is 0 Å². The topological polar surface area (TPSA) is 35.5 Å². The molecule has 0 atom stereocenters. The summed E-state index contributed by atoms with van der Waals surface area (Å²) in [5, 5.41) is 0. The molecule has 0 unspecified atom stereocenters. The highest BCUT2D eigenvalue weighted by molar-refractivity contribution is 5.69. The van der Waals surface area contributed by atoms with Crippen molar-refractivity contribution in [3.05, 3.63) is 36.5 Å². The van der Waals surface area contributed by atoms with Crippen LogP contribution in [0.25, 0.3) is 0 Å². The first kappa shape index (κ1) is 25.6. The Morgan fingerprint density at radius 2 is 1.37 bits per heavy atom. The number of allylic oxidation sites excluding steroid dienone is 6. The van der Waals surface area contributed by atoms with Gasteiger partial charge < -0.3 is 9.47 Å². The quantitative estimate of drug-likeness (QED) is 0.139. The summed E-state index contributed by atoms with van der Waals surface area (Å²) in [6, 6.07) is 0. The van der Waals surface area contributed by atoms with Crippen LogP contribution in [0.3, 0.4) is 0 Å². The molecule has 156 valence electrons. The number of ether oxygens (including phenoxy) is 2. The summed E-state index contributed by atoms with van der Waals surface area (Å²) in [5.74, 6) is -0.0877. The van der Waals surface area contributed by atoms with Crippen molar-refractivity contribution in [3.63, 3.8) is 0 Å². The van der Waals surface area contributed by atoms with Crippen LogP contribution >= 0.6 is 0 Å². The first-order valence-corrected chi connectivity index (χ1v) is 11.0. The van der Waals surface area contributed by atoms with Crippen LogP contribution in [0.1, 0.15) is 90.9 Å². The second-order valence-electron chi connectivity index (χ2n) is 6.79. The van der Waals surface area contributed by atoms with Crippen molar-refractivity contribution >= 4 is 5.97 Å². The molecule has 0 saturated carbocycles. The Kier molecular flexibility index (Phi) is 21.6. The van der Waals surface area contributed by atoms with E-state index in [-0.39, 0.29) is 5.97 Å². The molecular weight excluding hydrogens is 336 g/mol. The fourth-order valence-corrected chi connectivity index (χ4v) is 2.52. The second kappa shape index (κ2) is 22.7. The maximum absolute atomic E-state index is 11.6. The molecule has 0 N–H and O–H groups in total. The molecule has 0 aliphatic heterocycles. The van der Waals surface area contributed by atoms with Gasteiger partial charge in [0, 0.05) is 13.0 Å². The Labute approximate surface area is 167 Å². The van der Waals surface area contributed by atoms with Gasteiger partial charge >= 0.3 is 5.97 Å². The highest BCUT2D eigenvalue weighted by atomic mass is 16.6. The monoisotopic (exact) mass is 378 g/mol. The van der Waals surface area contributed by atoms with Crippen LogP contribution < -0.4 is 0 Å². The van der Waals surface area contributed by atoms with Crippen LogP contribution in [0.2, 0.25) is 0 Å². The minimum atomic E-state index is -0.0877. The molecule has 0 saturated heterocycles. The van der Waals surface area contributed by atoms with Gasteiger partial charge in [0.2, 0.25) is 0 Å². The summed E-state index contributed by atoms with van der Waals surface area (Å²) in [4.78, 5) is 11.6. The van der Waals surface area contributed by atoms with Gasteiger partial charge in [0.05, 0.1) is 6.61 Å². The van der Waals surface area contributed by atoms with Crippen molar-refractivity contribution in [1.82, 2.24) is 0 Å². The minimum Gasteiger partial charge on any atom is -0.463 e. The lowest BCUT2D eigenvalue weighted by Crippen LogP contribution is -2.10. The number of hydrogen-bond donors (Lipinski definition) is 0. The second-order valence-corrected chi connectivity index (χ2v) is 6.79. The van der Waals surface area contributed by atoms with E-state index in [1.54, 1.807) is 0 Å². The van der Waals surface area contributed by atoms with Crippen molar-refractivity contribution < 1.29 is 14.3 Å². The van der Waals surface area contributed by atoms with Crippen molar-refractivity contribution in [2.45, 2.75) is 90.9 Å². The number of hydrogen-bond acceptors (Lipinski definition) is 3. The average molecular weight is 379 g/mol. The molecule has 0 spiro atoms. The summed E-state index contributed by atoms with van der Waals surface area (Å²) in [6.07, 6.45) is 26.2.